The van der Waals surface area contributed by atoms with Gasteiger partial charge in [0.1, 0.15) is 23.3 Å². The molecule has 0 aromatic heterocycles. The molecule has 0 radical (unpaired) electrons. The van der Waals surface area contributed by atoms with Crippen LogP contribution < -0.4 is 0 Å². The van der Waals surface area contributed by atoms with Crippen LogP contribution in [0, 0.1) is 23.3 Å². The average Bonchev–Trinajstić information content (AvgIpc) is 2.73. The van der Waals surface area contributed by atoms with E-state index in [1.165, 1.54) is 0 Å². The molecular formula is C24H14F4OS. The zero-order valence-electron chi connectivity index (χ0n) is 15.4. The minimum atomic E-state index is -2.27. The van der Waals surface area contributed by atoms with Crippen molar-refractivity contribution in [1.29, 1.82) is 0 Å². The highest BCUT2D eigenvalue weighted by Crippen LogP contribution is 2.37. The Labute approximate surface area is 173 Å². The Morgan fingerprint density at radius 3 is 1.27 bits per heavy atom. The first-order chi connectivity index (χ1) is 14.5. The van der Waals surface area contributed by atoms with Crippen molar-refractivity contribution in [3.63, 3.8) is 0 Å². The molecule has 0 atom stereocenters. The summed E-state index contributed by atoms with van der Waals surface area (Å²) in [6.45, 7) is 0. The van der Waals surface area contributed by atoms with Gasteiger partial charge in [0.15, 0.2) is 0 Å². The van der Waals surface area contributed by atoms with Crippen LogP contribution in [0.3, 0.4) is 0 Å². The van der Waals surface area contributed by atoms with Crippen molar-refractivity contribution in [2.75, 3.05) is 0 Å². The highest BCUT2D eigenvalue weighted by molar-refractivity contribution is 7.85. The van der Waals surface area contributed by atoms with Gasteiger partial charge in [-0.15, -0.1) is 0 Å². The number of hydrogen-bond donors (Lipinski definition) is 0. The molecule has 6 heteroatoms. The molecule has 4 rings (SSSR count). The summed E-state index contributed by atoms with van der Waals surface area (Å²) in [6, 6.07) is 19.6. The fourth-order valence-electron chi connectivity index (χ4n) is 3.28. The second kappa shape index (κ2) is 8.24. The van der Waals surface area contributed by atoms with E-state index in [4.69, 9.17) is 0 Å². The lowest BCUT2D eigenvalue weighted by molar-refractivity contribution is 0.577. The lowest BCUT2D eigenvalue weighted by Crippen LogP contribution is -2.04. The zero-order valence-corrected chi connectivity index (χ0v) is 16.2. The summed E-state index contributed by atoms with van der Waals surface area (Å²) in [5.74, 6) is -3.70. The molecule has 0 N–H and O–H groups in total. The Bertz CT molecular complexity index is 1140. The van der Waals surface area contributed by atoms with Gasteiger partial charge in [-0.05, 0) is 23.3 Å². The van der Waals surface area contributed by atoms with Gasteiger partial charge in [-0.2, -0.15) is 0 Å². The first-order valence-corrected chi connectivity index (χ1v) is 10.1. The SMILES string of the molecule is O=S(c1cc(F)cc(F)c1-c1ccccc1)c1cc(F)cc(F)c1-c1ccccc1. The standard InChI is InChI=1S/C24H14F4OS/c25-17-11-19(27)23(15-7-3-1-4-8-15)21(13-17)30(29)22-14-18(26)12-20(28)24(22)16-9-5-2-6-10-16/h1-14H. The Morgan fingerprint density at radius 1 is 0.533 bits per heavy atom. The molecule has 0 fully saturated rings. The minimum Gasteiger partial charge on any atom is -0.249 e. The molecular weight excluding hydrogens is 412 g/mol. The molecule has 0 aliphatic heterocycles. The van der Waals surface area contributed by atoms with Crippen LogP contribution in [0.15, 0.2) is 94.7 Å². The molecule has 0 heterocycles. The lowest BCUT2D eigenvalue weighted by Gasteiger charge is -2.15. The summed E-state index contributed by atoms with van der Waals surface area (Å²) in [6.07, 6.45) is 0. The minimum absolute atomic E-state index is 0.0842. The predicted octanol–water partition coefficient (Wildman–Crippen LogP) is 6.74. The van der Waals surface area contributed by atoms with E-state index >= 15 is 0 Å². The Kier molecular flexibility index (Phi) is 5.50. The molecule has 0 aliphatic carbocycles. The molecule has 0 amide bonds. The summed E-state index contributed by atoms with van der Waals surface area (Å²) < 4.78 is 71.1. The van der Waals surface area contributed by atoms with Crippen molar-refractivity contribution in [3.8, 4) is 22.3 Å². The first-order valence-electron chi connectivity index (χ1n) is 8.96. The smallest absolute Gasteiger partial charge is 0.135 e. The third kappa shape index (κ3) is 3.78. The summed E-state index contributed by atoms with van der Waals surface area (Å²) >= 11 is 0. The van der Waals surface area contributed by atoms with Crippen LogP contribution >= 0.6 is 0 Å². The highest BCUT2D eigenvalue weighted by Gasteiger charge is 2.24. The summed E-state index contributed by atoms with van der Waals surface area (Å²) in [4.78, 5) is -0.415. The fourth-order valence-corrected chi connectivity index (χ4v) is 4.76. The summed E-state index contributed by atoms with van der Waals surface area (Å²) in [5, 5.41) is 0. The van der Waals surface area contributed by atoms with E-state index < -0.39 is 34.1 Å². The van der Waals surface area contributed by atoms with Crippen LogP contribution in [-0.2, 0) is 10.8 Å². The topological polar surface area (TPSA) is 17.1 Å². The molecule has 0 spiro atoms. The molecule has 0 bridgehead atoms. The monoisotopic (exact) mass is 426 g/mol. The number of benzene rings is 4. The van der Waals surface area contributed by atoms with Crippen molar-refractivity contribution in [2.24, 2.45) is 0 Å². The predicted molar refractivity (Wildman–Crippen MR) is 108 cm³/mol. The lowest BCUT2D eigenvalue weighted by atomic mass is 10.0. The van der Waals surface area contributed by atoms with Crippen LogP contribution in [0.2, 0.25) is 0 Å². The van der Waals surface area contributed by atoms with Crippen LogP contribution in [0.5, 0.6) is 0 Å². The van der Waals surface area contributed by atoms with Gasteiger partial charge in [0.2, 0.25) is 0 Å². The van der Waals surface area contributed by atoms with E-state index in [2.05, 4.69) is 0 Å². The maximum absolute atomic E-state index is 14.7. The van der Waals surface area contributed by atoms with Crippen molar-refractivity contribution in [2.45, 2.75) is 9.79 Å². The van der Waals surface area contributed by atoms with Crippen LogP contribution in [0.25, 0.3) is 22.3 Å². The van der Waals surface area contributed by atoms with Crippen LogP contribution in [-0.4, -0.2) is 4.21 Å². The molecule has 4 aromatic carbocycles. The van der Waals surface area contributed by atoms with Crippen molar-refractivity contribution < 1.29 is 21.8 Å². The Balaban J connectivity index is 1.98. The van der Waals surface area contributed by atoms with Gasteiger partial charge < -0.3 is 0 Å². The third-order valence-electron chi connectivity index (χ3n) is 4.56. The van der Waals surface area contributed by atoms with Gasteiger partial charge in [-0.1, -0.05) is 60.7 Å². The van der Waals surface area contributed by atoms with Gasteiger partial charge in [-0.25, -0.2) is 21.8 Å². The van der Waals surface area contributed by atoms with E-state index in [1.807, 2.05) is 0 Å². The Hall–Kier alpha value is -3.25. The largest absolute Gasteiger partial charge is 0.249 e. The molecule has 150 valence electrons. The van der Waals surface area contributed by atoms with E-state index in [-0.39, 0.29) is 20.9 Å². The molecule has 0 saturated carbocycles. The van der Waals surface area contributed by atoms with Gasteiger partial charge in [0.25, 0.3) is 0 Å². The summed E-state index contributed by atoms with van der Waals surface area (Å²) in [7, 11) is -2.27. The number of hydrogen-bond acceptors (Lipinski definition) is 1. The number of rotatable bonds is 4. The second-order valence-electron chi connectivity index (χ2n) is 6.52. The second-order valence-corrected chi connectivity index (χ2v) is 7.94. The number of halogens is 4. The van der Waals surface area contributed by atoms with Crippen LogP contribution in [0.1, 0.15) is 0 Å². The highest BCUT2D eigenvalue weighted by atomic mass is 32.2. The molecule has 0 unspecified atom stereocenters. The fraction of sp³-hybridized carbons (Fsp3) is 0. The molecule has 4 aromatic rings. The van der Waals surface area contributed by atoms with E-state index in [0.29, 0.717) is 23.3 Å². The quantitative estimate of drug-likeness (QED) is 0.330. The van der Waals surface area contributed by atoms with Crippen LogP contribution in [0.4, 0.5) is 17.6 Å². The van der Waals surface area contributed by atoms with E-state index in [0.717, 1.165) is 12.1 Å². The third-order valence-corrected chi connectivity index (χ3v) is 6.00. The first kappa shape index (κ1) is 20.0. The molecule has 0 saturated heterocycles. The normalized spacial score (nSPS) is 11.1. The van der Waals surface area contributed by atoms with Crippen molar-refractivity contribution in [3.05, 3.63) is 108 Å². The summed E-state index contributed by atoms with van der Waals surface area (Å²) in [5.41, 5.74) is 0.575. The van der Waals surface area contributed by atoms with Gasteiger partial charge in [0, 0.05) is 23.3 Å². The maximum atomic E-state index is 14.7. The van der Waals surface area contributed by atoms with Gasteiger partial charge in [-0.3, -0.25) is 0 Å². The maximum Gasteiger partial charge on any atom is 0.135 e. The van der Waals surface area contributed by atoms with Gasteiger partial charge in [0.05, 0.1) is 20.6 Å². The Morgan fingerprint density at radius 2 is 0.900 bits per heavy atom. The van der Waals surface area contributed by atoms with E-state index in [1.54, 1.807) is 60.7 Å². The molecule has 0 aliphatic rings. The molecule has 30 heavy (non-hydrogen) atoms. The van der Waals surface area contributed by atoms with E-state index in [9.17, 15) is 21.8 Å². The molecule has 1 nitrogen and oxygen atoms in total. The van der Waals surface area contributed by atoms with Crippen molar-refractivity contribution in [1.82, 2.24) is 0 Å². The zero-order chi connectivity index (χ0) is 21.3. The van der Waals surface area contributed by atoms with Gasteiger partial charge >= 0.3 is 0 Å². The average molecular weight is 426 g/mol. The van der Waals surface area contributed by atoms with Crippen molar-refractivity contribution >= 4 is 10.8 Å².